The highest BCUT2D eigenvalue weighted by molar-refractivity contribution is 9.10. The fourth-order valence-corrected chi connectivity index (χ4v) is 2.42. The normalized spacial score (nSPS) is 10.9. The van der Waals surface area contributed by atoms with Gasteiger partial charge < -0.3 is 5.32 Å². The number of amides is 1. The molecule has 0 heterocycles. The molecule has 110 valence electrons. The molecule has 22 heavy (non-hydrogen) atoms. The summed E-state index contributed by atoms with van der Waals surface area (Å²) in [5.74, 6) is -0.465. The van der Waals surface area contributed by atoms with E-state index in [1.165, 1.54) is 0 Å². The van der Waals surface area contributed by atoms with Gasteiger partial charge in [0.05, 0.1) is 0 Å². The van der Waals surface area contributed by atoms with E-state index in [1.54, 1.807) is 18.2 Å². The van der Waals surface area contributed by atoms with Crippen LogP contribution in [0.2, 0.25) is 5.02 Å². The van der Waals surface area contributed by atoms with Gasteiger partial charge in [0.2, 0.25) is 0 Å². The third kappa shape index (κ3) is 4.20. The van der Waals surface area contributed by atoms with Gasteiger partial charge in [0.25, 0.3) is 5.91 Å². The first-order valence-corrected chi connectivity index (χ1v) is 7.61. The van der Waals surface area contributed by atoms with Gasteiger partial charge in [-0.3, -0.25) is 4.79 Å². The van der Waals surface area contributed by atoms with Crippen molar-refractivity contribution in [3.63, 3.8) is 0 Å². The van der Waals surface area contributed by atoms with Gasteiger partial charge in [-0.05, 0) is 48.4 Å². The SMILES string of the molecule is Cc1ccc(Cl)cc1NC(=O)/C(C#N)=C/c1cccc(Br)c1. The molecule has 0 fully saturated rings. The summed E-state index contributed by atoms with van der Waals surface area (Å²) in [6.07, 6.45) is 1.54. The molecule has 3 nitrogen and oxygen atoms in total. The maximum atomic E-state index is 12.2. The van der Waals surface area contributed by atoms with Crippen molar-refractivity contribution in [1.82, 2.24) is 0 Å². The number of nitriles is 1. The van der Waals surface area contributed by atoms with Crippen molar-refractivity contribution in [2.24, 2.45) is 0 Å². The van der Waals surface area contributed by atoms with Gasteiger partial charge in [-0.25, -0.2) is 0 Å². The lowest BCUT2D eigenvalue weighted by atomic mass is 10.1. The van der Waals surface area contributed by atoms with Crippen molar-refractivity contribution in [2.45, 2.75) is 6.92 Å². The summed E-state index contributed by atoms with van der Waals surface area (Å²) in [4.78, 5) is 12.2. The number of nitrogens with one attached hydrogen (secondary N) is 1. The zero-order valence-electron chi connectivity index (χ0n) is 11.7. The van der Waals surface area contributed by atoms with Crippen LogP contribution in [0.3, 0.4) is 0 Å². The number of hydrogen-bond acceptors (Lipinski definition) is 2. The molecule has 1 amide bonds. The first-order chi connectivity index (χ1) is 10.5. The molecule has 2 aromatic rings. The van der Waals surface area contributed by atoms with Crippen LogP contribution in [0.5, 0.6) is 0 Å². The Morgan fingerprint density at radius 3 is 2.77 bits per heavy atom. The molecule has 5 heteroatoms. The van der Waals surface area contributed by atoms with Gasteiger partial charge in [-0.1, -0.05) is 45.7 Å². The predicted octanol–water partition coefficient (Wildman–Crippen LogP) is 4.96. The van der Waals surface area contributed by atoms with Crippen molar-refractivity contribution < 1.29 is 4.79 Å². The Hall–Kier alpha value is -2.09. The summed E-state index contributed by atoms with van der Waals surface area (Å²) in [7, 11) is 0. The number of carbonyl (C=O) groups is 1. The van der Waals surface area contributed by atoms with E-state index >= 15 is 0 Å². The zero-order valence-corrected chi connectivity index (χ0v) is 14.1. The van der Waals surface area contributed by atoms with E-state index in [-0.39, 0.29) is 5.57 Å². The molecule has 0 bridgehead atoms. The fraction of sp³-hybridized carbons (Fsp3) is 0.0588. The summed E-state index contributed by atoms with van der Waals surface area (Å²) in [5.41, 5.74) is 2.26. The molecule has 0 aliphatic heterocycles. The van der Waals surface area contributed by atoms with Gasteiger partial charge in [-0.15, -0.1) is 0 Å². The summed E-state index contributed by atoms with van der Waals surface area (Å²) in [6, 6.07) is 14.5. The predicted molar refractivity (Wildman–Crippen MR) is 92.6 cm³/mol. The second kappa shape index (κ2) is 7.26. The smallest absolute Gasteiger partial charge is 0.266 e. The molecular formula is C17H12BrClN2O. The van der Waals surface area contributed by atoms with Crippen LogP contribution in [-0.4, -0.2) is 5.91 Å². The molecule has 0 spiro atoms. The Labute approximate surface area is 142 Å². The van der Waals surface area contributed by atoms with Gasteiger partial charge in [-0.2, -0.15) is 5.26 Å². The summed E-state index contributed by atoms with van der Waals surface area (Å²) in [6.45, 7) is 1.86. The van der Waals surface area contributed by atoms with E-state index in [2.05, 4.69) is 21.2 Å². The number of rotatable bonds is 3. The first-order valence-electron chi connectivity index (χ1n) is 6.44. The Kier molecular flexibility index (Phi) is 5.37. The topological polar surface area (TPSA) is 52.9 Å². The van der Waals surface area contributed by atoms with E-state index in [1.807, 2.05) is 43.3 Å². The number of nitrogens with zero attached hydrogens (tertiary/aromatic N) is 1. The Bertz CT molecular complexity index is 793. The van der Waals surface area contributed by atoms with Crippen LogP contribution in [-0.2, 0) is 4.79 Å². The molecule has 1 N–H and O–H groups in total. The van der Waals surface area contributed by atoms with Gasteiger partial charge in [0.15, 0.2) is 0 Å². The minimum Gasteiger partial charge on any atom is -0.321 e. The minimum atomic E-state index is -0.465. The van der Waals surface area contributed by atoms with E-state index in [0.29, 0.717) is 10.7 Å². The Morgan fingerprint density at radius 1 is 1.32 bits per heavy atom. The highest BCUT2D eigenvalue weighted by Gasteiger charge is 2.11. The van der Waals surface area contributed by atoms with Gasteiger partial charge in [0.1, 0.15) is 11.6 Å². The van der Waals surface area contributed by atoms with Gasteiger partial charge in [0, 0.05) is 15.2 Å². The summed E-state index contributed by atoms with van der Waals surface area (Å²) in [5, 5.41) is 12.4. The van der Waals surface area contributed by atoms with Crippen molar-refractivity contribution in [3.05, 3.63) is 68.7 Å². The highest BCUT2D eigenvalue weighted by atomic mass is 79.9. The number of carbonyl (C=O) groups excluding carboxylic acids is 1. The molecular weight excluding hydrogens is 364 g/mol. The quantitative estimate of drug-likeness (QED) is 0.609. The van der Waals surface area contributed by atoms with Gasteiger partial charge >= 0.3 is 0 Å². The number of aryl methyl sites for hydroxylation is 1. The molecule has 0 aliphatic carbocycles. The lowest BCUT2D eigenvalue weighted by Gasteiger charge is -2.08. The molecule has 0 atom stereocenters. The summed E-state index contributed by atoms with van der Waals surface area (Å²) >= 11 is 9.28. The summed E-state index contributed by atoms with van der Waals surface area (Å²) < 4.78 is 0.879. The maximum absolute atomic E-state index is 12.2. The standard InChI is InChI=1S/C17H12BrClN2O/c1-11-5-6-15(19)9-16(11)21-17(22)13(10-20)7-12-3-2-4-14(18)8-12/h2-9H,1H3,(H,21,22)/b13-7+. The average molecular weight is 376 g/mol. The Morgan fingerprint density at radius 2 is 2.09 bits per heavy atom. The van der Waals surface area contributed by atoms with Crippen LogP contribution < -0.4 is 5.32 Å². The molecule has 0 saturated carbocycles. The van der Waals surface area contributed by atoms with Crippen LogP contribution >= 0.6 is 27.5 Å². The molecule has 0 saturated heterocycles. The lowest BCUT2D eigenvalue weighted by Crippen LogP contribution is -2.14. The number of anilines is 1. The molecule has 0 aromatic heterocycles. The second-order valence-corrected chi connectivity index (χ2v) is 5.99. The third-order valence-electron chi connectivity index (χ3n) is 2.97. The lowest BCUT2D eigenvalue weighted by molar-refractivity contribution is -0.112. The largest absolute Gasteiger partial charge is 0.321 e. The number of benzene rings is 2. The zero-order chi connectivity index (χ0) is 16.1. The van der Waals surface area contributed by atoms with Crippen molar-refractivity contribution >= 4 is 45.2 Å². The Balaban J connectivity index is 2.26. The molecule has 2 aromatic carbocycles. The van der Waals surface area contributed by atoms with Crippen molar-refractivity contribution in [2.75, 3.05) is 5.32 Å². The second-order valence-electron chi connectivity index (χ2n) is 4.64. The first kappa shape index (κ1) is 16.3. The monoisotopic (exact) mass is 374 g/mol. The van der Waals surface area contributed by atoms with Crippen LogP contribution in [0.4, 0.5) is 5.69 Å². The minimum absolute atomic E-state index is 0.0254. The maximum Gasteiger partial charge on any atom is 0.266 e. The van der Waals surface area contributed by atoms with E-state index in [9.17, 15) is 10.1 Å². The molecule has 0 radical (unpaired) electrons. The van der Waals surface area contributed by atoms with Crippen LogP contribution in [0, 0.1) is 18.3 Å². The van der Waals surface area contributed by atoms with E-state index in [0.717, 1.165) is 15.6 Å². The third-order valence-corrected chi connectivity index (χ3v) is 3.70. The van der Waals surface area contributed by atoms with E-state index < -0.39 is 5.91 Å². The molecule has 0 aliphatic rings. The van der Waals surface area contributed by atoms with Crippen LogP contribution in [0.25, 0.3) is 6.08 Å². The molecule has 0 unspecified atom stereocenters. The van der Waals surface area contributed by atoms with Crippen LogP contribution in [0.1, 0.15) is 11.1 Å². The van der Waals surface area contributed by atoms with Crippen molar-refractivity contribution in [3.8, 4) is 6.07 Å². The number of halogens is 2. The van der Waals surface area contributed by atoms with E-state index in [4.69, 9.17) is 11.6 Å². The van der Waals surface area contributed by atoms with Crippen molar-refractivity contribution in [1.29, 1.82) is 5.26 Å². The fourth-order valence-electron chi connectivity index (χ4n) is 1.83. The molecule has 2 rings (SSSR count). The van der Waals surface area contributed by atoms with Crippen LogP contribution in [0.15, 0.2) is 52.5 Å². The highest BCUT2D eigenvalue weighted by Crippen LogP contribution is 2.21. The average Bonchev–Trinajstić information content (AvgIpc) is 2.48. The number of hydrogen-bond donors (Lipinski definition) is 1.